The lowest BCUT2D eigenvalue weighted by atomic mass is 9.62. The van der Waals surface area contributed by atoms with Crippen molar-refractivity contribution in [2.24, 2.45) is 5.41 Å². The smallest absolute Gasteiger partial charge is 0.139 e. The van der Waals surface area contributed by atoms with Gasteiger partial charge in [-0.1, -0.05) is 13.8 Å². The monoisotopic (exact) mass is 181 g/mol. The van der Waals surface area contributed by atoms with E-state index in [1.54, 1.807) is 17.5 Å². The first-order chi connectivity index (χ1) is 5.62. The summed E-state index contributed by atoms with van der Waals surface area (Å²) in [5, 5.41) is 3.08. The van der Waals surface area contributed by atoms with Crippen LogP contribution in [-0.4, -0.2) is 10.8 Å². The van der Waals surface area contributed by atoms with Crippen LogP contribution in [-0.2, 0) is 4.79 Å². The topological polar surface area (TPSA) is 30.0 Å². The van der Waals surface area contributed by atoms with Crippen LogP contribution in [0.4, 0.5) is 0 Å². The minimum atomic E-state index is -0.169. The van der Waals surface area contributed by atoms with Crippen molar-refractivity contribution in [1.82, 2.24) is 4.98 Å². The zero-order valence-electron chi connectivity index (χ0n) is 7.20. The van der Waals surface area contributed by atoms with Crippen LogP contribution in [0.1, 0.15) is 31.2 Å². The molecule has 64 valence electrons. The molecule has 0 spiro atoms. The van der Waals surface area contributed by atoms with Gasteiger partial charge in [0.25, 0.3) is 0 Å². The van der Waals surface area contributed by atoms with Crippen LogP contribution in [0.15, 0.2) is 11.6 Å². The van der Waals surface area contributed by atoms with E-state index in [0.717, 1.165) is 5.01 Å². The summed E-state index contributed by atoms with van der Waals surface area (Å²) in [5.41, 5.74) is -0.169. The lowest BCUT2D eigenvalue weighted by Crippen LogP contribution is -2.43. The van der Waals surface area contributed by atoms with Crippen molar-refractivity contribution >= 4 is 17.1 Å². The second kappa shape index (κ2) is 2.39. The molecule has 1 aromatic rings. The molecule has 2 rings (SSSR count). The van der Waals surface area contributed by atoms with E-state index < -0.39 is 0 Å². The number of hydrogen-bond donors (Lipinski definition) is 0. The van der Waals surface area contributed by atoms with E-state index in [0.29, 0.717) is 18.1 Å². The van der Waals surface area contributed by atoms with Crippen LogP contribution in [0.2, 0.25) is 0 Å². The summed E-state index contributed by atoms with van der Waals surface area (Å²) in [6, 6.07) is 0. The Balaban J connectivity index is 2.25. The molecule has 0 N–H and O–H groups in total. The number of carbonyl (C=O) groups excluding carboxylic acids is 1. The number of thiazole rings is 1. The molecular formula is C9H11NOS. The van der Waals surface area contributed by atoms with Gasteiger partial charge < -0.3 is 0 Å². The Bertz CT molecular complexity index is 302. The standard InChI is InChI=1S/C9H11NOS/c1-9(2)6(5-7(9)11)8-10-3-4-12-8/h3-4,6H,5H2,1-2H3. The highest BCUT2D eigenvalue weighted by molar-refractivity contribution is 7.09. The summed E-state index contributed by atoms with van der Waals surface area (Å²) in [6.45, 7) is 4.01. The van der Waals surface area contributed by atoms with Gasteiger partial charge in [-0.3, -0.25) is 4.79 Å². The maximum Gasteiger partial charge on any atom is 0.139 e. The fraction of sp³-hybridized carbons (Fsp3) is 0.556. The fourth-order valence-electron chi connectivity index (χ4n) is 1.57. The molecule has 1 aliphatic rings. The second-order valence-corrected chi connectivity index (χ2v) is 4.70. The van der Waals surface area contributed by atoms with E-state index in [1.165, 1.54) is 0 Å². The second-order valence-electron chi connectivity index (χ2n) is 3.77. The molecule has 1 aromatic heterocycles. The number of nitrogens with zero attached hydrogens (tertiary/aromatic N) is 1. The molecule has 1 aliphatic carbocycles. The van der Waals surface area contributed by atoms with Crippen molar-refractivity contribution in [2.75, 3.05) is 0 Å². The quantitative estimate of drug-likeness (QED) is 0.665. The predicted molar refractivity (Wildman–Crippen MR) is 48.3 cm³/mol. The van der Waals surface area contributed by atoms with Crippen LogP contribution >= 0.6 is 11.3 Å². The maximum atomic E-state index is 11.2. The molecule has 0 aromatic carbocycles. The largest absolute Gasteiger partial charge is 0.299 e. The van der Waals surface area contributed by atoms with Crippen LogP contribution in [0.25, 0.3) is 0 Å². The Morgan fingerprint density at radius 1 is 1.67 bits per heavy atom. The van der Waals surface area contributed by atoms with E-state index in [9.17, 15) is 4.79 Å². The van der Waals surface area contributed by atoms with E-state index in [-0.39, 0.29) is 5.41 Å². The Morgan fingerprint density at radius 2 is 2.42 bits per heavy atom. The summed E-state index contributed by atoms with van der Waals surface area (Å²) in [6.07, 6.45) is 2.49. The zero-order valence-corrected chi connectivity index (χ0v) is 8.02. The molecule has 2 nitrogen and oxygen atoms in total. The molecule has 0 radical (unpaired) electrons. The van der Waals surface area contributed by atoms with E-state index in [2.05, 4.69) is 4.98 Å². The molecule has 1 heterocycles. The molecule has 1 atom stereocenters. The predicted octanol–water partition coefficient (Wildman–Crippen LogP) is 2.23. The summed E-state index contributed by atoms with van der Waals surface area (Å²) < 4.78 is 0. The molecule has 0 saturated heterocycles. The molecule has 0 bridgehead atoms. The van der Waals surface area contributed by atoms with Crippen molar-refractivity contribution in [3.8, 4) is 0 Å². The number of carbonyl (C=O) groups is 1. The van der Waals surface area contributed by atoms with Crippen molar-refractivity contribution in [3.63, 3.8) is 0 Å². The van der Waals surface area contributed by atoms with Crippen LogP contribution in [0.3, 0.4) is 0 Å². The minimum absolute atomic E-state index is 0.169. The lowest BCUT2D eigenvalue weighted by Gasteiger charge is -2.41. The van der Waals surface area contributed by atoms with E-state index >= 15 is 0 Å². The summed E-state index contributed by atoms with van der Waals surface area (Å²) >= 11 is 1.65. The SMILES string of the molecule is CC1(C)C(=O)CC1c1nccs1. The van der Waals surface area contributed by atoms with Gasteiger partial charge in [0, 0.05) is 29.3 Å². The highest BCUT2D eigenvalue weighted by Gasteiger charge is 2.49. The number of hydrogen-bond acceptors (Lipinski definition) is 3. The summed E-state index contributed by atoms with van der Waals surface area (Å²) in [7, 11) is 0. The van der Waals surface area contributed by atoms with Gasteiger partial charge in [0.15, 0.2) is 0 Å². The van der Waals surface area contributed by atoms with E-state index in [1.807, 2.05) is 19.2 Å². The lowest BCUT2D eigenvalue weighted by molar-refractivity contribution is -0.137. The van der Waals surface area contributed by atoms with Gasteiger partial charge in [0.05, 0.1) is 5.01 Å². The van der Waals surface area contributed by atoms with Crippen LogP contribution in [0.5, 0.6) is 0 Å². The number of rotatable bonds is 1. The Morgan fingerprint density at radius 3 is 2.83 bits per heavy atom. The molecule has 1 fully saturated rings. The molecule has 3 heteroatoms. The first kappa shape index (κ1) is 7.92. The first-order valence-corrected chi connectivity index (χ1v) is 4.93. The molecule has 1 unspecified atom stereocenters. The first-order valence-electron chi connectivity index (χ1n) is 4.05. The zero-order chi connectivity index (χ0) is 8.77. The van der Waals surface area contributed by atoms with Crippen molar-refractivity contribution in [3.05, 3.63) is 16.6 Å². The third-order valence-corrected chi connectivity index (χ3v) is 3.62. The minimum Gasteiger partial charge on any atom is -0.299 e. The van der Waals surface area contributed by atoms with Gasteiger partial charge in [0.2, 0.25) is 0 Å². The van der Waals surface area contributed by atoms with Gasteiger partial charge in [-0.2, -0.15) is 0 Å². The summed E-state index contributed by atoms with van der Waals surface area (Å²) in [4.78, 5) is 15.5. The Kier molecular flexibility index (Phi) is 1.58. The fourth-order valence-corrected chi connectivity index (χ4v) is 2.49. The molecule has 12 heavy (non-hydrogen) atoms. The maximum absolute atomic E-state index is 11.2. The van der Waals surface area contributed by atoms with Crippen molar-refractivity contribution in [2.45, 2.75) is 26.2 Å². The molecular weight excluding hydrogens is 170 g/mol. The van der Waals surface area contributed by atoms with Gasteiger partial charge in [-0.05, 0) is 0 Å². The van der Waals surface area contributed by atoms with E-state index in [4.69, 9.17) is 0 Å². The number of Topliss-reactive ketones (excluding diaryl/α,β-unsaturated/α-hetero) is 1. The normalized spacial score (nSPS) is 26.8. The number of ketones is 1. The molecule has 0 amide bonds. The van der Waals surface area contributed by atoms with Crippen LogP contribution < -0.4 is 0 Å². The van der Waals surface area contributed by atoms with Crippen molar-refractivity contribution < 1.29 is 4.79 Å². The average Bonchev–Trinajstić information content (AvgIpc) is 2.51. The average molecular weight is 181 g/mol. The van der Waals surface area contributed by atoms with Gasteiger partial charge in [-0.25, -0.2) is 4.98 Å². The van der Waals surface area contributed by atoms with Gasteiger partial charge in [-0.15, -0.1) is 11.3 Å². The van der Waals surface area contributed by atoms with Gasteiger partial charge in [0.1, 0.15) is 5.78 Å². The molecule has 1 saturated carbocycles. The highest BCUT2D eigenvalue weighted by atomic mass is 32.1. The number of aromatic nitrogens is 1. The third-order valence-electron chi connectivity index (χ3n) is 2.73. The van der Waals surface area contributed by atoms with Crippen LogP contribution in [0, 0.1) is 5.41 Å². The summed E-state index contributed by atoms with van der Waals surface area (Å²) in [5.74, 6) is 0.729. The molecule has 0 aliphatic heterocycles. The third kappa shape index (κ3) is 0.926. The highest BCUT2D eigenvalue weighted by Crippen LogP contribution is 2.49. The Labute approximate surface area is 75.6 Å². The van der Waals surface area contributed by atoms with Gasteiger partial charge >= 0.3 is 0 Å². The van der Waals surface area contributed by atoms with Crippen molar-refractivity contribution in [1.29, 1.82) is 0 Å². The Hall–Kier alpha value is -0.700.